The van der Waals surface area contributed by atoms with Gasteiger partial charge in [-0.1, -0.05) is 6.92 Å². The van der Waals surface area contributed by atoms with Gasteiger partial charge in [-0.25, -0.2) is 4.98 Å². The van der Waals surface area contributed by atoms with Crippen LogP contribution in [0.3, 0.4) is 0 Å². The number of carbonyl (C=O) groups excluding carboxylic acids is 1. The van der Waals surface area contributed by atoms with E-state index in [-0.39, 0.29) is 11.9 Å². The summed E-state index contributed by atoms with van der Waals surface area (Å²) < 4.78 is 0. The molecule has 118 valence electrons. The summed E-state index contributed by atoms with van der Waals surface area (Å²) in [6, 6.07) is 2.15. The van der Waals surface area contributed by atoms with E-state index in [1.165, 1.54) is 4.88 Å². The fourth-order valence-corrected chi connectivity index (χ4v) is 4.41. The minimum Gasteiger partial charge on any atom is -0.349 e. The predicted molar refractivity (Wildman–Crippen MR) is 91.5 cm³/mol. The molecule has 2 atom stereocenters. The maximum Gasteiger partial charge on any atom is 0.252 e. The standard InChI is InChI=1S/C16H21N3OS2/c1-11-8-19(9-14-7-17-12(2)22-14)5-3-15(11)18-16(20)13-4-6-21-10-13/h4,6-7,10-11,15H,3,5,8-9H2,1-2H3,(H,18,20)/t11-,15-/m0/s1. The van der Waals surface area contributed by atoms with E-state index < -0.39 is 0 Å². The van der Waals surface area contributed by atoms with Crippen LogP contribution >= 0.6 is 22.7 Å². The zero-order valence-corrected chi connectivity index (χ0v) is 14.5. The quantitative estimate of drug-likeness (QED) is 0.933. The largest absolute Gasteiger partial charge is 0.349 e. The Kier molecular flexibility index (Phi) is 4.90. The summed E-state index contributed by atoms with van der Waals surface area (Å²) in [7, 11) is 0. The average molecular weight is 335 g/mol. The number of hydrogen-bond acceptors (Lipinski definition) is 5. The van der Waals surface area contributed by atoms with Crippen LogP contribution in [0, 0.1) is 12.8 Å². The van der Waals surface area contributed by atoms with Crippen LogP contribution in [0.5, 0.6) is 0 Å². The second kappa shape index (κ2) is 6.89. The Morgan fingerprint density at radius 1 is 1.55 bits per heavy atom. The van der Waals surface area contributed by atoms with Crippen molar-refractivity contribution in [1.29, 1.82) is 0 Å². The topological polar surface area (TPSA) is 45.2 Å². The fraction of sp³-hybridized carbons (Fsp3) is 0.500. The number of thiophene rings is 1. The summed E-state index contributed by atoms with van der Waals surface area (Å²) in [6.07, 6.45) is 2.99. The third kappa shape index (κ3) is 3.74. The molecule has 0 aliphatic carbocycles. The van der Waals surface area contributed by atoms with E-state index in [0.717, 1.165) is 36.6 Å². The van der Waals surface area contributed by atoms with E-state index in [2.05, 4.69) is 22.1 Å². The number of rotatable bonds is 4. The first-order valence-corrected chi connectivity index (χ1v) is 9.34. The van der Waals surface area contributed by atoms with Crippen molar-refractivity contribution >= 4 is 28.6 Å². The smallest absolute Gasteiger partial charge is 0.252 e. The summed E-state index contributed by atoms with van der Waals surface area (Å²) in [5.41, 5.74) is 0.778. The molecule has 1 fully saturated rings. The Morgan fingerprint density at radius 3 is 3.05 bits per heavy atom. The van der Waals surface area contributed by atoms with Gasteiger partial charge in [0.2, 0.25) is 0 Å². The van der Waals surface area contributed by atoms with E-state index in [1.54, 1.807) is 22.7 Å². The van der Waals surface area contributed by atoms with Gasteiger partial charge in [-0.15, -0.1) is 11.3 Å². The summed E-state index contributed by atoms with van der Waals surface area (Å²) in [5, 5.41) is 8.16. The van der Waals surface area contributed by atoms with Gasteiger partial charge in [0.25, 0.3) is 5.91 Å². The van der Waals surface area contributed by atoms with Crippen LogP contribution < -0.4 is 5.32 Å². The molecule has 2 aromatic rings. The van der Waals surface area contributed by atoms with Gasteiger partial charge in [0.15, 0.2) is 0 Å². The molecule has 3 rings (SSSR count). The molecule has 1 aliphatic heterocycles. The van der Waals surface area contributed by atoms with Crippen molar-refractivity contribution in [3.8, 4) is 0 Å². The monoisotopic (exact) mass is 335 g/mol. The van der Waals surface area contributed by atoms with Crippen LogP contribution in [0.15, 0.2) is 23.0 Å². The normalized spacial score (nSPS) is 22.6. The summed E-state index contributed by atoms with van der Waals surface area (Å²) >= 11 is 3.33. The van der Waals surface area contributed by atoms with Crippen molar-refractivity contribution in [2.24, 2.45) is 5.92 Å². The van der Waals surface area contributed by atoms with Crippen LogP contribution in [-0.4, -0.2) is 34.9 Å². The van der Waals surface area contributed by atoms with Gasteiger partial charge in [-0.3, -0.25) is 9.69 Å². The van der Waals surface area contributed by atoms with Crippen LogP contribution in [0.2, 0.25) is 0 Å². The van der Waals surface area contributed by atoms with E-state index in [0.29, 0.717) is 5.92 Å². The highest BCUT2D eigenvalue weighted by atomic mass is 32.1. The Bertz CT molecular complexity index is 623. The minimum atomic E-state index is 0.0598. The molecule has 22 heavy (non-hydrogen) atoms. The number of amides is 1. The average Bonchev–Trinajstić information content (AvgIpc) is 3.13. The number of carbonyl (C=O) groups is 1. The maximum absolute atomic E-state index is 12.2. The van der Waals surface area contributed by atoms with Gasteiger partial charge in [0.05, 0.1) is 5.01 Å². The van der Waals surface area contributed by atoms with Crippen molar-refractivity contribution in [3.05, 3.63) is 38.5 Å². The molecule has 4 nitrogen and oxygen atoms in total. The van der Waals surface area contributed by atoms with Crippen LogP contribution in [0.25, 0.3) is 0 Å². The van der Waals surface area contributed by atoms with Crippen molar-refractivity contribution < 1.29 is 4.79 Å². The summed E-state index contributed by atoms with van der Waals surface area (Å²) in [5.74, 6) is 0.523. The van der Waals surface area contributed by atoms with Crippen LogP contribution in [-0.2, 0) is 6.54 Å². The van der Waals surface area contributed by atoms with Gasteiger partial charge in [0.1, 0.15) is 0 Å². The molecule has 0 radical (unpaired) electrons. The molecule has 0 unspecified atom stereocenters. The number of hydrogen-bond donors (Lipinski definition) is 1. The molecule has 0 aromatic carbocycles. The maximum atomic E-state index is 12.2. The highest BCUT2D eigenvalue weighted by Gasteiger charge is 2.27. The molecule has 0 saturated carbocycles. The Balaban J connectivity index is 1.52. The molecule has 6 heteroatoms. The van der Waals surface area contributed by atoms with Gasteiger partial charge in [0, 0.05) is 47.7 Å². The zero-order chi connectivity index (χ0) is 15.5. The molecular formula is C16H21N3OS2. The van der Waals surface area contributed by atoms with Crippen LogP contribution in [0.4, 0.5) is 0 Å². The first-order chi connectivity index (χ1) is 10.6. The first-order valence-electron chi connectivity index (χ1n) is 7.58. The minimum absolute atomic E-state index is 0.0598. The number of piperidine rings is 1. The lowest BCUT2D eigenvalue weighted by Gasteiger charge is -2.37. The number of aromatic nitrogens is 1. The molecule has 2 aromatic heterocycles. The lowest BCUT2D eigenvalue weighted by atomic mass is 9.93. The molecule has 1 amide bonds. The number of nitrogens with one attached hydrogen (secondary N) is 1. The summed E-state index contributed by atoms with van der Waals surface area (Å²) in [4.78, 5) is 20.3. The number of nitrogens with zero attached hydrogens (tertiary/aromatic N) is 2. The highest BCUT2D eigenvalue weighted by Crippen LogP contribution is 2.21. The SMILES string of the molecule is Cc1ncc(CN2CC[C@H](NC(=O)c3ccsc3)[C@@H](C)C2)s1. The van der Waals surface area contributed by atoms with E-state index in [9.17, 15) is 4.79 Å². The number of aryl methyl sites for hydroxylation is 1. The molecular weight excluding hydrogens is 314 g/mol. The summed E-state index contributed by atoms with van der Waals surface area (Å²) in [6.45, 7) is 7.29. The third-order valence-electron chi connectivity index (χ3n) is 4.14. The van der Waals surface area contributed by atoms with Gasteiger partial charge >= 0.3 is 0 Å². The molecule has 0 bridgehead atoms. The molecule has 1 N–H and O–H groups in total. The molecule has 1 aliphatic rings. The number of likely N-dealkylation sites (tertiary alicyclic amines) is 1. The number of thiazole rings is 1. The van der Waals surface area contributed by atoms with E-state index in [1.807, 2.05) is 29.9 Å². The fourth-order valence-electron chi connectivity index (χ4n) is 2.93. The van der Waals surface area contributed by atoms with Crippen molar-refractivity contribution in [2.45, 2.75) is 32.9 Å². The Hall–Kier alpha value is -1.24. The first kappa shape index (κ1) is 15.6. The lowest BCUT2D eigenvalue weighted by Crippen LogP contribution is -2.49. The van der Waals surface area contributed by atoms with Gasteiger partial charge in [-0.2, -0.15) is 11.3 Å². The van der Waals surface area contributed by atoms with Gasteiger partial charge in [-0.05, 0) is 30.7 Å². The third-order valence-corrected chi connectivity index (χ3v) is 5.72. The van der Waals surface area contributed by atoms with E-state index in [4.69, 9.17) is 0 Å². The molecule has 0 spiro atoms. The van der Waals surface area contributed by atoms with Crippen LogP contribution in [0.1, 0.15) is 33.6 Å². The lowest BCUT2D eigenvalue weighted by molar-refractivity contribution is 0.0862. The van der Waals surface area contributed by atoms with Crippen molar-refractivity contribution in [1.82, 2.24) is 15.2 Å². The van der Waals surface area contributed by atoms with Crippen molar-refractivity contribution in [2.75, 3.05) is 13.1 Å². The van der Waals surface area contributed by atoms with Gasteiger partial charge < -0.3 is 5.32 Å². The molecule has 3 heterocycles. The second-order valence-corrected chi connectivity index (χ2v) is 8.04. The van der Waals surface area contributed by atoms with Crippen molar-refractivity contribution in [3.63, 3.8) is 0 Å². The zero-order valence-electron chi connectivity index (χ0n) is 12.9. The highest BCUT2D eigenvalue weighted by molar-refractivity contribution is 7.11. The van der Waals surface area contributed by atoms with E-state index >= 15 is 0 Å². The Labute approximate surface area is 139 Å². The predicted octanol–water partition coefficient (Wildman–Crippen LogP) is 3.15. The molecule has 1 saturated heterocycles. The Morgan fingerprint density at radius 2 is 2.41 bits per heavy atom. The second-order valence-electron chi connectivity index (χ2n) is 5.94.